The van der Waals surface area contributed by atoms with Crippen molar-refractivity contribution >= 4 is 29.9 Å². The Morgan fingerprint density at radius 2 is 1.88 bits per heavy atom. The minimum atomic E-state index is 0. The fourth-order valence-electron chi connectivity index (χ4n) is 4.24. The van der Waals surface area contributed by atoms with E-state index < -0.39 is 0 Å². The smallest absolute Gasteiger partial charge is 0.191 e. The lowest BCUT2D eigenvalue weighted by atomic mass is 10.0. The predicted molar refractivity (Wildman–Crippen MR) is 142 cm³/mol. The van der Waals surface area contributed by atoms with Gasteiger partial charge < -0.3 is 24.8 Å². The highest BCUT2D eigenvalue weighted by Gasteiger charge is 2.24. The number of fused-ring (bicyclic) bond motifs is 1. The van der Waals surface area contributed by atoms with Crippen molar-refractivity contribution in [2.75, 3.05) is 53.0 Å². The SMILES string of the molecule is CCNC(=NCC(c1ccc(OC)cc1)N1CCOCC1)NCC1Cc2ccccc2O1.I. The van der Waals surface area contributed by atoms with Gasteiger partial charge in [-0.15, -0.1) is 24.0 Å². The average Bonchev–Trinajstić information content (AvgIpc) is 3.27. The van der Waals surface area contributed by atoms with E-state index in [0.29, 0.717) is 13.1 Å². The summed E-state index contributed by atoms with van der Waals surface area (Å²) >= 11 is 0. The van der Waals surface area contributed by atoms with E-state index in [4.69, 9.17) is 19.2 Å². The number of ether oxygens (including phenoxy) is 3. The lowest BCUT2D eigenvalue weighted by molar-refractivity contribution is 0.0179. The molecule has 2 aliphatic rings. The van der Waals surface area contributed by atoms with Crippen LogP contribution in [0, 0.1) is 0 Å². The van der Waals surface area contributed by atoms with Gasteiger partial charge in [0.15, 0.2) is 5.96 Å². The maximum Gasteiger partial charge on any atom is 0.191 e. The number of guanidine groups is 1. The molecule has 2 aromatic rings. The van der Waals surface area contributed by atoms with Crippen LogP contribution in [0.2, 0.25) is 0 Å². The van der Waals surface area contributed by atoms with Gasteiger partial charge in [-0.25, -0.2) is 0 Å². The van der Waals surface area contributed by atoms with Gasteiger partial charge in [-0.1, -0.05) is 30.3 Å². The molecule has 0 saturated carbocycles. The second-order valence-corrected chi connectivity index (χ2v) is 8.09. The minimum absolute atomic E-state index is 0. The van der Waals surface area contributed by atoms with Gasteiger partial charge in [0.2, 0.25) is 0 Å². The van der Waals surface area contributed by atoms with Gasteiger partial charge in [0, 0.05) is 26.1 Å². The summed E-state index contributed by atoms with van der Waals surface area (Å²) in [7, 11) is 1.69. The first-order valence-electron chi connectivity index (χ1n) is 11.5. The highest BCUT2D eigenvalue weighted by Crippen LogP contribution is 2.28. The highest BCUT2D eigenvalue weighted by molar-refractivity contribution is 14.0. The van der Waals surface area contributed by atoms with E-state index in [0.717, 1.165) is 56.7 Å². The zero-order valence-corrected chi connectivity index (χ0v) is 21.8. The first kappa shape index (κ1) is 25.6. The van der Waals surface area contributed by atoms with Crippen LogP contribution in [0.3, 0.4) is 0 Å². The number of nitrogens with zero attached hydrogens (tertiary/aromatic N) is 2. The van der Waals surface area contributed by atoms with Gasteiger partial charge in [-0.05, 0) is 36.2 Å². The van der Waals surface area contributed by atoms with Crippen molar-refractivity contribution in [2.45, 2.75) is 25.5 Å². The van der Waals surface area contributed by atoms with Crippen LogP contribution in [0.25, 0.3) is 0 Å². The topological polar surface area (TPSA) is 67.4 Å². The summed E-state index contributed by atoms with van der Waals surface area (Å²) in [5.41, 5.74) is 2.51. The molecule has 4 rings (SSSR count). The molecule has 2 N–H and O–H groups in total. The van der Waals surface area contributed by atoms with Crippen LogP contribution < -0.4 is 20.1 Å². The first-order valence-corrected chi connectivity index (χ1v) is 11.5. The van der Waals surface area contributed by atoms with Gasteiger partial charge in [-0.2, -0.15) is 0 Å². The summed E-state index contributed by atoms with van der Waals surface area (Å²) < 4.78 is 17.0. The Balaban J connectivity index is 0.00000306. The third-order valence-corrected chi connectivity index (χ3v) is 5.96. The van der Waals surface area contributed by atoms with Crippen LogP contribution in [-0.4, -0.2) is 70.0 Å². The molecule has 2 unspecified atom stereocenters. The normalized spacial score (nSPS) is 19.1. The fraction of sp³-hybridized carbons (Fsp3) is 0.480. The summed E-state index contributed by atoms with van der Waals surface area (Å²) in [6, 6.07) is 16.8. The van der Waals surface area contributed by atoms with Crippen LogP contribution in [0.15, 0.2) is 53.5 Å². The molecule has 0 spiro atoms. The average molecular weight is 566 g/mol. The monoisotopic (exact) mass is 566 g/mol. The molecule has 0 aromatic heterocycles. The number of para-hydroxylation sites is 1. The van der Waals surface area contributed by atoms with E-state index >= 15 is 0 Å². The van der Waals surface area contributed by atoms with Crippen molar-refractivity contribution in [3.63, 3.8) is 0 Å². The van der Waals surface area contributed by atoms with Gasteiger partial charge in [0.1, 0.15) is 17.6 Å². The van der Waals surface area contributed by atoms with Crippen molar-refractivity contribution in [3.8, 4) is 11.5 Å². The number of halogens is 1. The number of aliphatic imine (C=N–C) groups is 1. The van der Waals surface area contributed by atoms with Crippen LogP contribution in [0.4, 0.5) is 0 Å². The number of morpholine rings is 1. The summed E-state index contributed by atoms with van der Waals surface area (Å²) in [5, 5.41) is 6.85. The lowest BCUT2D eigenvalue weighted by Gasteiger charge is -2.34. The molecule has 2 aromatic carbocycles. The van der Waals surface area contributed by atoms with E-state index in [1.807, 2.05) is 24.3 Å². The summed E-state index contributed by atoms with van der Waals surface area (Å²) in [6.07, 6.45) is 1.04. The molecule has 8 heteroatoms. The molecule has 7 nitrogen and oxygen atoms in total. The molecule has 2 heterocycles. The number of hydrogen-bond acceptors (Lipinski definition) is 5. The molecule has 2 aliphatic heterocycles. The Morgan fingerprint density at radius 1 is 1.12 bits per heavy atom. The maximum absolute atomic E-state index is 6.07. The third-order valence-electron chi connectivity index (χ3n) is 5.96. The number of hydrogen-bond donors (Lipinski definition) is 2. The molecule has 180 valence electrons. The number of benzene rings is 2. The minimum Gasteiger partial charge on any atom is -0.497 e. The number of methoxy groups -OCH3 is 1. The second-order valence-electron chi connectivity index (χ2n) is 8.09. The molecule has 33 heavy (non-hydrogen) atoms. The molecule has 1 saturated heterocycles. The molecule has 1 fully saturated rings. The van der Waals surface area contributed by atoms with Crippen LogP contribution in [0.5, 0.6) is 11.5 Å². The summed E-state index contributed by atoms with van der Waals surface area (Å²) in [4.78, 5) is 7.40. The van der Waals surface area contributed by atoms with Crippen molar-refractivity contribution in [3.05, 3.63) is 59.7 Å². The van der Waals surface area contributed by atoms with Gasteiger partial charge in [0.25, 0.3) is 0 Å². The Hall–Kier alpha value is -2.04. The van der Waals surface area contributed by atoms with E-state index in [-0.39, 0.29) is 36.1 Å². The van der Waals surface area contributed by atoms with Crippen molar-refractivity contribution < 1.29 is 14.2 Å². The Morgan fingerprint density at radius 3 is 2.58 bits per heavy atom. The molecule has 0 radical (unpaired) electrons. The Bertz CT molecular complexity index is 862. The number of rotatable bonds is 8. The highest BCUT2D eigenvalue weighted by atomic mass is 127. The van der Waals surface area contributed by atoms with E-state index in [1.54, 1.807) is 7.11 Å². The molecular formula is C25H35IN4O3. The Labute approximate surface area is 213 Å². The van der Waals surface area contributed by atoms with Crippen LogP contribution in [0.1, 0.15) is 24.1 Å². The zero-order chi connectivity index (χ0) is 22.2. The largest absolute Gasteiger partial charge is 0.497 e. The first-order chi connectivity index (χ1) is 15.8. The van der Waals surface area contributed by atoms with Gasteiger partial charge in [0.05, 0.1) is 39.5 Å². The van der Waals surface area contributed by atoms with Crippen molar-refractivity contribution in [1.29, 1.82) is 0 Å². The predicted octanol–water partition coefficient (Wildman–Crippen LogP) is 3.25. The van der Waals surface area contributed by atoms with Crippen molar-refractivity contribution in [1.82, 2.24) is 15.5 Å². The second kappa shape index (κ2) is 13.0. The van der Waals surface area contributed by atoms with Gasteiger partial charge in [-0.3, -0.25) is 9.89 Å². The van der Waals surface area contributed by atoms with Crippen molar-refractivity contribution in [2.24, 2.45) is 4.99 Å². The number of nitrogens with one attached hydrogen (secondary N) is 2. The molecule has 0 aliphatic carbocycles. The van der Waals surface area contributed by atoms with Gasteiger partial charge >= 0.3 is 0 Å². The van der Waals surface area contributed by atoms with E-state index in [1.165, 1.54) is 11.1 Å². The van der Waals surface area contributed by atoms with Crippen LogP contribution >= 0.6 is 24.0 Å². The van der Waals surface area contributed by atoms with E-state index in [9.17, 15) is 0 Å². The zero-order valence-electron chi connectivity index (χ0n) is 19.5. The summed E-state index contributed by atoms with van der Waals surface area (Å²) in [6.45, 7) is 7.60. The molecule has 2 atom stereocenters. The maximum atomic E-state index is 6.07. The quantitative estimate of drug-likeness (QED) is 0.291. The lowest BCUT2D eigenvalue weighted by Crippen LogP contribution is -2.44. The van der Waals surface area contributed by atoms with Crippen LogP contribution in [-0.2, 0) is 11.2 Å². The standard InChI is InChI=1S/C25H34N4O3.HI/c1-3-26-25(27-17-22-16-20-6-4-5-7-24(20)32-22)28-18-23(29-12-14-31-15-13-29)19-8-10-21(30-2)11-9-19;/h4-11,22-23H,3,12-18H2,1-2H3,(H2,26,27,28);1H. The molecule has 0 bridgehead atoms. The van der Waals surface area contributed by atoms with E-state index in [2.05, 4.69) is 46.7 Å². The molecule has 0 amide bonds. The summed E-state index contributed by atoms with van der Waals surface area (Å²) in [5.74, 6) is 2.68. The fourth-order valence-corrected chi connectivity index (χ4v) is 4.24. The Kier molecular flexibility index (Phi) is 10.1. The third kappa shape index (κ3) is 6.97. The molecular weight excluding hydrogens is 531 g/mol.